The summed E-state index contributed by atoms with van der Waals surface area (Å²) in [6, 6.07) is 15.3. The Balaban J connectivity index is 1.64. The maximum atomic E-state index is 13.9. The molecule has 0 N–H and O–H groups in total. The minimum absolute atomic E-state index is 0.0223. The third-order valence-corrected chi connectivity index (χ3v) is 7.17. The molecule has 2 saturated heterocycles. The van der Waals surface area contributed by atoms with Crippen molar-refractivity contribution in [1.82, 2.24) is 9.80 Å². The molecule has 2 aromatic rings. The number of rotatable bonds is 8. The molecule has 0 saturated carbocycles. The van der Waals surface area contributed by atoms with Gasteiger partial charge in [-0.25, -0.2) is 0 Å². The van der Waals surface area contributed by atoms with Gasteiger partial charge >= 0.3 is 0 Å². The molecule has 32 heavy (non-hydrogen) atoms. The Morgan fingerprint density at radius 1 is 0.969 bits per heavy atom. The molecule has 2 heterocycles. The van der Waals surface area contributed by atoms with Crippen molar-refractivity contribution in [3.8, 4) is 17.2 Å². The predicted molar refractivity (Wildman–Crippen MR) is 125 cm³/mol. The maximum Gasteiger partial charge on any atom is 0.254 e. The zero-order chi connectivity index (χ0) is 22.7. The van der Waals surface area contributed by atoms with Gasteiger partial charge in [0.2, 0.25) is 5.75 Å². The molecule has 0 aromatic heterocycles. The third-order valence-electron chi connectivity index (χ3n) is 7.17. The Morgan fingerprint density at radius 2 is 1.56 bits per heavy atom. The lowest BCUT2D eigenvalue weighted by atomic mass is 9.95. The molecule has 4 rings (SSSR count). The summed E-state index contributed by atoms with van der Waals surface area (Å²) in [6.07, 6.45) is 5.33. The monoisotopic (exact) mass is 438 g/mol. The molecule has 2 fully saturated rings. The second-order valence-corrected chi connectivity index (χ2v) is 8.82. The minimum atomic E-state index is 0.0223. The minimum Gasteiger partial charge on any atom is -0.493 e. The lowest BCUT2D eigenvalue weighted by molar-refractivity contribution is 0.0487. The van der Waals surface area contributed by atoms with Crippen LogP contribution >= 0.6 is 0 Å². The number of ether oxygens (including phenoxy) is 3. The average Bonchev–Trinajstić information content (AvgIpc) is 3.03. The summed E-state index contributed by atoms with van der Waals surface area (Å²) in [4.78, 5) is 18.5. The molecule has 2 aliphatic rings. The Morgan fingerprint density at radius 3 is 2.09 bits per heavy atom. The first-order chi connectivity index (χ1) is 15.5. The standard InChI is InChI=1S/C26H34N2O4/c1-27-20-10-11-21(27)17-22(16-20)28(13-12-18-8-6-5-7-9-18)26(29)19-14-23(30-2)25(32-4)24(15-19)31-3/h5-9,14-15,20-22H,10-13,16-17H2,1-4H3/t20-,21-/m1/s1. The van der Waals surface area contributed by atoms with Crippen LogP contribution in [0.1, 0.15) is 41.6 Å². The van der Waals surface area contributed by atoms with Crippen LogP contribution < -0.4 is 14.2 Å². The van der Waals surface area contributed by atoms with Crippen LogP contribution in [0.25, 0.3) is 0 Å². The number of hydrogen-bond donors (Lipinski definition) is 0. The number of nitrogens with zero attached hydrogens (tertiary/aromatic N) is 2. The van der Waals surface area contributed by atoms with Gasteiger partial charge in [-0.15, -0.1) is 0 Å². The van der Waals surface area contributed by atoms with Gasteiger partial charge in [-0.2, -0.15) is 0 Å². The molecule has 0 radical (unpaired) electrons. The van der Waals surface area contributed by atoms with E-state index in [9.17, 15) is 4.79 Å². The van der Waals surface area contributed by atoms with Gasteiger partial charge in [0.1, 0.15) is 0 Å². The molecule has 2 bridgehead atoms. The summed E-state index contributed by atoms with van der Waals surface area (Å²) >= 11 is 0. The highest BCUT2D eigenvalue weighted by Gasteiger charge is 2.41. The first-order valence-corrected chi connectivity index (χ1v) is 11.4. The summed E-state index contributed by atoms with van der Waals surface area (Å²) in [5.74, 6) is 1.53. The molecule has 6 heteroatoms. The zero-order valence-electron chi connectivity index (χ0n) is 19.5. The lowest BCUT2D eigenvalue weighted by Gasteiger charge is -2.42. The van der Waals surface area contributed by atoms with E-state index in [1.807, 2.05) is 6.07 Å². The molecular weight excluding hydrogens is 404 g/mol. The summed E-state index contributed by atoms with van der Waals surface area (Å²) in [6.45, 7) is 0.688. The summed E-state index contributed by atoms with van der Waals surface area (Å²) in [5.41, 5.74) is 1.81. The highest BCUT2D eigenvalue weighted by atomic mass is 16.5. The van der Waals surface area contributed by atoms with Crippen molar-refractivity contribution in [1.29, 1.82) is 0 Å². The SMILES string of the molecule is COc1cc(C(=O)N(CCc2ccccc2)C2C[C@H]3CC[C@H](C2)N3C)cc(OC)c1OC. The fourth-order valence-corrected chi connectivity index (χ4v) is 5.35. The van der Waals surface area contributed by atoms with Gasteiger partial charge in [0.25, 0.3) is 5.91 Å². The second kappa shape index (κ2) is 9.82. The number of hydrogen-bond acceptors (Lipinski definition) is 5. The maximum absolute atomic E-state index is 13.9. The van der Waals surface area contributed by atoms with Gasteiger partial charge < -0.3 is 24.0 Å². The number of carbonyl (C=O) groups is 1. The van der Waals surface area contributed by atoms with E-state index in [2.05, 4.69) is 41.1 Å². The Hall–Kier alpha value is -2.73. The Labute approximate surface area is 191 Å². The number of amides is 1. The van der Waals surface area contributed by atoms with Gasteiger partial charge in [0, 0.05) is 30.2 Å². The van der Waals surface area contributed by atoms with Gasteiger partial charge in [-0.3, -0.25) is 4.79 Å². The van der Waals surface area contributed by atoms with Crippen molar-refractivity contribution in [2.45, 2.75) is 50.2 Å². The molecule has 172 valence electrons. The van der Waals surface area contributed by atoms with Crippen LogP contribution in [0, 0.1) is 0 Å². The quantitative estimate of drug-likeness (QED) is 0.623. The van der Waals surface area contributed by atoms with Crippen LogP contribution in [0.5, 0.6) is 17.2 Å². The van der Waals surface area contributed by atoms with Crippen molar-refractivity contribution >= 4 is 5.91 Å². The van der Waals surface area contributed by atoms with E-state index in [-0.39, 0.29) is 11.9 Å². The number of piperidine rings is 1. The largest absolute Gasteiger partial charge is 0.493 e. The summed E-state index contributed by atoms with van der Waals surface area (Å²) < 4.78 is 16.4. The van der Waals surface area contributed by atoms with E-state index in [1.165, 1.54) is 18.4 Å². The first kappa shape index (κ1) is 22.5. The van der Waals surface area contributed by atoms with Crippen molar-refractivity contribution in [2.24, 2.45) is 0 Å². The first-order valence-electron chi connectivity index (χ1n) is 11.4. The van der Waals surface area contributed by atoms with E-state index in [4.69, 9.17) is 14.2 Å². The fraction of sp³-hybridized carbons (Fsp3) is 0.500. The summed E-state index contributed by atoms with van der Waals surface area (Å²) in [5, 5.41) is 0. The summed E-state index contributed by atoms with van der Waals surface area (Å²) in [7, 11) is 6.96. The molecule has 0 spiro atoms. The van der Waals surface area contributed by atoms with Crippen LogP contribution in [0.4, 0.5) is 0 Å². The lowest BCUT2D eigenvalue weighted by Crippen LogP contribution is -2.51. The highest BCUT2D eigenvalue weighted by molar-refractivity contribution is 5.96. The third kappa shape index (κ3) is 4.42. The van der Waals surface area contributed by atoms with E-state index in [1.54, 1.807) is 33.5 Å². The number of benzene rings is 2. The van der Waals surface area contributed by atoms with Gasteiger partial charge in [0.05, 0.1) is 21.3 Å². The average molecular weight is 439 g/mol. The second-order valence-electron chi connectivity index (χ2n) is 8.82. The van der Waals surface area contributed by atoms with Crippen molar-refractivity contribution in [3.05, 3.63) is 53.6 Å². The smallest absolute Gasteiger partial charge is 0.254 e. The molecule has 6 nitrogen and oxygen atoms in total. The van der Waals surface area contributed by atoms with Crippen LogP contribution in [-0.4, -0.2) is 68.8 Å². The molecule has 2 aromatic carbocycles. The number of fused-ring (bicyclic) bond motifs is 2. The zero-order valence-corrected chi connectivity index (χ0v) is 19.5. The number of methoxy groups -OCH3 is 3. The topological polar surface area (TPSA) is 51.2 Å². The van der Waals surface area contributed by atoms with Crippen molar-refractivity contribution in [2.75, 3.05) is 34.9 Å². The van der Waals surface area contributed by atoms with E-state index >= 15 is 0 Å². The Bertz CT molecular complexity index is 894. The molecule has 0 aliphatic carbocycles. The van der Waals surface area contributed by atoms with Gasteiger partial charge in [-0.1, -0.05) is 30.3 Å². The molecule has 0 unspecified atom stereocenters. The van der Waals surface area contributed by atoms with Crippen molar-refractivity contribution in [3.63, 3.8) is 0 Å². The Kier molecular flexibility index (Phi) is 6.89. The predicted octanol–water partition coefficient (Wildman–Crippen LogP) is 4.02. The molecule has 2 aliphatic heterocycles. The van der Waals surface area contributed by atoms with Gasteiger partial charge in [-0.05, 0) is 56.8 Å². The van der Waals surface area contributed by atoms with Crippen LogP contribution in [0.15, 0.2) is 42.5 Å². The van der Waals surface area contributed by atoms with Gasteiger partial charge in [0.15, 0.2) is 11.5 Å². The van der Waals surface area contributed by atoms with Crippen molar-refractivity contribution < 1.29 is 19.0 Å². The van der Waals surface area contributed by atoms with Crippen LogP contribution in [-0.2, 0) is 6.42 Å². The highest BCUT2D eigenvalue weighted by Crippen LogP contribution is 2.40. The molecular formula is C26H34N2O4. The fourth-order valence-electron chi connectivity index (χ4n) is 5.35. The van der Waals surface area contributed by atoms with Crippen LogP contribution in [0.2, 0.25) is 0 Å². The van der Waals surface area contributed by atoms with E-state index < -0.39 is 0 Å². The molecule has 1 amide bonds. The molecule has 2 atom stereocenters. The normalized spacial score (nSPS) is 22.4. The number of carbonyl (C=O) groups excluding carboxylic acids is 1. The van der Waals surface area contributed by atoms with Crippen LogP contribution in [0.3, 0.4) is 0 Å². The van der Waals surface area contributed by atoms with E-state index in [0.29, 0.717) is 41.4 Å². The van der Waals surface area contributed by atoms with E-state index in [0.717, 1.165) is 19.3 Å².